The normalized spacial score (nSPS) is 11.5. The SMILES string of the molecule is CCCCN(CCBr)S(=O)(=O)NC(=O)OCC. The number of carbonyl (C=O) groups is 1. The van der Waals surface area contributed by atoms with Gasteiger partial charge in [0.05, 0.1) is 6.61 Å². The molecule has 0 rings (SSSR count). The molecular formula is C9H19BrN2O4S. The van der Waals surface area contributed by atoms with Crippen LogP contribution in [0.1, 0.15) is 26.7 Å². The Balaban J connectivity index is 4.53. The average Bonchev–Trinajstić information content (AvgIpc) is 2.23. The fourth-order valence-electron chi connectivity index (χ4n) is 1.11. The van der Waals surface area contributed by atoms with Gasteiger partial charge < -0.3 is 4.74 Å². The Labute approximate surface area is 111 Å². The Bertz CT molecular complexity index is 321. The number of rotatable bonds is 8. The summed E-state index contributed by atoms with van der Waals surface area (Å²) in [5.41, 5.74) is 0. The Morgan fingerprint density at radius 3 is 2.47 bits per heavy atom. The van der Waals surface area contributed by atoms with E-state index >= 15 is 0 Å². The van der Waals surface area contributed by atoms with E-state index < -0.39 is 16.3 Å². The predicted molar refractivity (Wildman–Crippen MR) is 69.4 cm³/mol. The maximum absolute atomic E-state index is 11.8. The highest BCUT2D eigenvalue weighted by atomic mass is 79.9. The summed E-state index contributed by atoms with van der Waals surface area (Å²) in [7, 11) is -3.80. The van der Waals surface area contributed by atoms with Crippen LogP contribution in [0.5, 0.6) is 0 Å². The molecule has 0 aromatic carbocycles. The van der Waals surface area contributed by atoms with Crippen LogP contribution in [0.3, 0.4) is 0 Å². The van der Waals surface area contributed by atoms with Crippen molar-refractivity contribution in [2.24, 2.45) is 0 Å². The number of nitrogens with one attached hydrogen (secondary N) is 1. The zero-order chi connectivity index (χ0) is 13.3. The van der Waals surface area contributed by atoms with E-state index in [2.05, 4.69) is 20.7 Å². The van der Waals surface area contributed by atoms with E-state index in [1.165, 1.54) is 4.31 Å². The number of amides is 1. The second-order valence-corrected chi connectivity index (χ2v) is 5.73. The summed E-state index contributed by atoms with van der Waals surface area (Å²) >= 11 is 3.18. The molecule has 0 unspecified atom stereocenters. The quantitative estimate of drug-likeness (QED) is 0.684. The summed E-state index contributed by atoms with van der Waals surface area (Å²) in [6.07, 6.45) is 0.688. The molecule has 102 valence electrons. The summed E-state index contributed by atoms with van der Waals surface area (Å²) in [5, 5.41) is 0.514. The number of carbonyl (C=O) groups excluding carboxylic acids is 1. The highest BCUT2D eigenvalue weighted by Crippen LogP contribution is 2.03. The van der Waals surface area contributed by atoms with Crippen molar-refractivity contribution in [3.63, 3.8) is 0 Å². The number of unbranched alkanes of at least 4 members (excludes halogenated alkanes) is 1. The number of halogens is 1. The van der Waals surface area contributed by atoms with Crippen LogP contribution in [0.2, 0.25) is 0 Å². The van der Waals surface area contributed by atoms with Crippen molar-refractivity contribution >= 4 is 32.2 Å². The lowest BCUT2D eigenvalue weighted by Gasteiger charge is -2.20. The van der Waals surface area contributed by atoms with Crippen molar-refractivity contribution in [1.29, 1.82) is 0 Å². The third kappa shape index (κ3) is 6.85. The molecule has 0 aliphatic rings. The average molecular weight is 331 g/mol. The number of hydrogen-bond acceptors (Lipinski definition) is 4. The standard InChI is InChI=1S/C9H19BrN2O4S/c1-3-5-7-12(8-6-10)17(14,15)11-9(13)16-4-2/h3-8H2,1-2H3,(H,11,13). The molecule has 0 aromatic heterocycles. The van der Waals surface area contributed by atoms with Crippen LogP contribution in [0, 0.1) is 0 Å². The number of hydrogen-bond donors (Lipinski definition) is 1. The first-order valence-corrected chi connectivity index (χ1v) is 8.04. The minimum atomic E-state index is -3.80. The third-order valence-electron chi connectivity index (χ3n) is 1.92. The van der Waals surface area contributed by atoms with Crippen molar-refractivity contribution in [3.05, 3.63) is 0 Å². The Kier molecular flexibility index (Phi) is 8.53. The molecule has 0 bridgehead atoms. The highest BCUT2D eigenvalue weighted by Gasteiger charge is 2.23. The third-order valence-corrected chi connectivity index (χ3v) is 3.75. The van der Waals surface area contributed by atoms with Crippen molar-refractivity contribution in [2.75, 3.05) is 25.0 Å². The van der Waals surface area contributed by atoms with Gasteiger partial charge in [-0.1, -0.05) is 29.3 Å². The summed E-state index contributed by atoms with van der Waals surface area (Å²) in [5.74, 6) is 0. The first-order chi connectivity index (χ1) is 7.97. The van der Waals surface area contributed by atoms with E-state index in [9.17, 15) is 13.2 Å². The maximum atomic E-state index is 11.8. The molecule has 0 heterocycles. The summed E-state index contributed by atoms with van der Waals surface area (Å²) in [4.78, 5) is 11.1. The van der Waals surface area contributed by atoms with Crippen molar-refractivity contribution < 1.29 is 17.9 Å². The topological polar surface area (TPSA) is 75.7 Å². The van der Waals surface area contributed by atoms with Gasteiger partial charge in [0.2, 0.25) is 0 Å². The Hall–Kier alpha value is -0.340. The van der Waals surface area contributed by atoms with Crippen LogP contribution in [0.15, 0.2) is 0 Å². The molecule has 1 N–H and O–H groups in total. The van der Waals surface area contributed by atoms with Gasteiger partial charge in [-0.3, -0.25) is 0 Å². The fraction of sp³-hybridized carbons (Fsp3) is 0.889. The molecular weight excluding hydrogens is 312 g/mol. The van der Waals surface area contributed by atoms with Gasteiger partial charge in [0.15, 0.2) is 0 Å². The van der Waals surface area contributed by atoms with E-state index in [1.807, 2.05) is 11.6 Å². The predicted octanol–water partition coefficient (Wildman–Crippen LogP) is 1.47. The van der Waals surface area contributed by atoms with E-state index in [4.69, 9.17) is 0 Å². The van der Waals surface area contributed by atoms with Gasteiger partial charge >= 0.3 is 16.3 Å². The molecule has 0 radical (unpaired) electrons. The molecule has 0 saturated heterocycles. The zero-order valence-corrected chi connectivity index (χ0v) is 12.5. The fourth-order valence-corrected chi connectivity index (χ4v) is 2.87. The summed E-state index contributed by atoms with van der Waals surface area (Å²) in [6, 6.07) is 0. The second kappa shape index (κ2) is 8.71. The molecule has 0 fully saturated rings. The van der Waals surface area contributed by atoms with Crippen molar-refractivity contribution in [1.82, 2.24) is 9.03 Å². The van der Waals surface area contributed by atoms with E-state index in [-0.39, 0.29) is 6.61 Å². The van der Waals surface area contributed by atoms with Crippen LogP contribution in [0.25, 0.3) is 0 Å². The molecule has 17 heavy (non-hydrogen) atoms. The molecule has 6 nitrogen and oxygen atoms in total. The zero-order valence-electron chi connectivity index (χ0n) is 10.1. The summed E-state index contributed by atoms with van der Waals surface area (Å²) in [6.45, 7) is 4.41. The van der Waals surface area contributed by atoms with Crippen LogP contribution in [-0.2, 0) is 14.9 Å². The molecule has 0 spiro atoms. The first-order valence-electron chi connectivity index (χ1n) is 5.48. The van der Waals surface area contributed by atoms with E-state index in [0.717, 1.165) is 12.8 Å². The van der Waals surface area contributed by atoms with E-state index in [1.54, 1.807) is 6.92 Å². The molecule has 8 heteroatoms. The lowest BCUT2D eigenvalue weighted by Crippen LogP contribution is -2.44. The van der Waals surface area contributed by atoms with Gasteiger partial charge in [0.25, 0.3) is 0 Å². The second-order valence-electron chi connectivity index (χ2n) is 3.27. The van der Waals surface area contributed by atoms with Crippen LogP contribution in [0.4, 0.5) is 4.79 Å². The lowest BCUT2D eigenvalue weighted by molar-refractivity contribution is 0.158. The minimum absolute atomic E-state index is 0.134. The van der Waals surface area contributed by atoms with Gasteiger partial charge in [-0.25, -0.2) is 9.52 Å². The number of ether oxygens (including phenoxy) is 1. The monoisotopic (exact) mass is 330 g/mol. The molecule has 0 aromatic rings. The Morgan fingerprint density at radius 1 is 1.35 bits per heavy atom. The molecule has 0 saturated carbocycles. The number of nitrogens with zero attached hydrogens (tertiary/aromatic N) is 1. The van der Waals surface area contributed by atoms with Gasteiger partial charge in [0.1, 0.15) is 0 Å². The smallest absolute Gasteiger partial charge is 0.421 e. The largest absolute Gasteiger partial charge is 0.449 e. The van der Waals surface area contributed by atoms with Crippen LogP contribution >= 0.6 is 15.9 Å². The van der Waals surface area contributed by atoms with Crippen molar-refractivity contribution in [3.8, 4) is 0 Å². The van der Waals surface area contributed by atoms with Crippen LogP contribution in [-0.4, -0.2) is 43.8 Å². The van der Waals surface area contributed by atoms with Gasteiger partial charge in [-0.2, -0.15) is 12.7 Å². The summed E-state index contributed by atoms with van der Waals surface area (Å²) < 4.78 is 31.2. The van der Waals surface area contributed by atoms with Crippen molar-refractivity contribution in [2.45, 2.75) is 26.7 Å². The van der Waals surface area contributed by atoms with Gasteiger partial charge in [-0.15, -0.1) is 0 Å². The molecule has 0 aliphatic heterocycles. The van der Waals surface area contributed by atoms with Gasteiger partial charge in [0, 0.05) is 18.4 Å². The van der Waals surface area contributed by atoms with E-state index in [0.29, 0.717) is 18.4 Å². The highest BCUT2D eigenvalue weighted by molar-refractivity contribution is 9.09. The lowest BCUT2D eigenvalue weighted by atomic mass is 10.3. The minimum Gasteiger partial charge on any atom is -0.449 e. The van der Waals surface area contributed by atoms with Gasteiger partial charge in [-0.05, 0) is 13.3 Å². The van der Waals surface area contributed by atoms with Crippen LogP contribution < -0.4 is 4.72 Å². The number of alkyl halides is 1. The molecule has 1 amide bonds. The maximum Gasteiger partial charge on any atom is 0.421 e. The molecule has 0 atom stereocenters. The molecule has 0 aliphatic carbocycles. The first kappa shape index (κ1) is 16.7. The Morgan fingerprint density at radius 2 is 2.00 bits per heavy atom.